The molecular formula is C15H21BrN2O3S. The molecule has 0 unspecified atom stereocenters. The zero-order chi connectivity index (χ0) is 16.2. The van der Waals surface area contributed by atoms with E-state index >= 15 is 0 Å². The summed E-state index contributed by atoms with van der Waals surface area (Å²) in [6.45, 7) is 2.26. The van der Waals surface area contributed by atoms with Crippen LogP contribution >= 0.6 is 15.9 Å². The Hall–Kier alpha value is -0.920. The lowest BCUT2D eigenvalue weighted by molar-refractivity contribution is -0.120. The number of benzene rings is 1. The molecule has 1 aliphatic rings. The number of rotatable bonds is 5. The molecule has 0 aliphatic carbocycles. The molecule has 0 saturated carbocycles. The average Bonchev–Trinajstić information content (AvgIpc) is 2.49. The van der Waals surface area contributed by atoms with Crippen molar-refractivity contribution in [2.24, 2.45) is 0 Å². The molecule has 1 amide bonds. The Morgan fingerprint density at radius 1 is 1.32 bits per heavy atom. The molecule has 1 aliphatic heterocycles. The molecule has 122 valence electrons. The summed E-state index contributed by atoms with van der Waals surface area (Å²) in [6, 6.07) is 6.64. The van der Waals surface area contributed by atoms with Crippen LogP contribution in [0.25, 0.3) is 0 Å². The molecule has 0 bridgehead atoms. The van der Waals surface area contributed by atoms with Gasteiger partial charge in [0.15, 0.2) is 0 Å². The highest BCUT2D eigenvalue weighted by Gasteiger charge is 2.36. The highest BCUT2D eigenvalue weighted by atomic mass is 79.9. The summed E-state index contributed by atoms with van der Waals surface area (Å²) in [5.41, 5.74) is 0.673. The van der Waals surface area contributed by atoms with Gasteiger partial charge in [0.25, 0.3) is 0 Å². The van der Waals surface area contributed by atoms with E-state index in [2.05, 4.69) is 21.2 Å². The van der Waals surface area contributed by atoms with Crippen LogP contribution < -0.4 is 5.32 Å². The molecule has 0 spiro atoms. The van der Waals surface area contributed by atoms with Crippen molar-refractivity contribution >= 4 is 37.5 Å². The minimum atomic E-state index is -3.36. The molecule has 1 heterocycles. The fourth-order valence-corrected chi connectivity index (χ4v) is 4.64. The molecule has 1 saturated heterocycles. The van der Waals surface area contributed by atoms with E-state index in [0.717, 1.165) is 17.3 Å². The van der Waals surface area contributed by atoms with Gasteiger partial charge in [-0.1, -0.05) is 29.3 Å². The molecule has 1 atom stereocenters. The molecule has 1 fully saturated rings. The van der Waals surface area contributed by atoms with Crippen molar-refractivity contribution in [1.29, 1.82) is 0 Å². The van der Waals surface area contributed by atoms with Crippen LogP contribution in [-0.4, -0.2) is 37.0 Å². The zero-order valence-corrected chi connectivity index (χ0v) is 15.0. The number of nitrogens with one attached hydrogen (secondary N) is 1. The Balaban J connectivity index is 2.13. The molecule has 1 aromatic carbocycles. The van der Waals surface area contributed by atoms with E-state index in [4.69, 9.17) is 0 Å². The second kappa shape index (κ2) is 7.57. The van der Waals surface area contributed by atoms with Crippen molar-refractivity contribution in [2.45, 2.75) is 38.6 Å². The summed E-state index contributed by atoms with van der Waals surface area (Å²) in [5, 5.41) is 2.82. The molecule has 0 radical (unpaired) electrons. The summed E-state index contributed by atoms with van der Waals surface area (Å²) >= 11 is 3.34. The minimum Gasteiger partial charge on any atom is -0.325 e. The minimum absolute atomic E-state index is 0.0923. The number of nitrogens with zero attached hydrogens (tertiary/aromatic N) is 1. The first-order chi connectivity index (χ1) is 10.4. The van der Waals surface area contributed by atoms with Gasteiger partial charge in [0.2, 0.25) is 15.9 Å². The summed E-state index contributed by atoms with van der Waals surface area (Å²) in [6.07, 6.45) is 2.81. The van der Waals surface area contributed by atoms with Gasteiger partial charge in [-0.3, -0.25) is 4.79 Å². The quantitative estimate of drug-likeness (QED) is 0.842. The predicted molar refractivity (Wildman–Crippen MR) is 91.2 cm³/mol. The van der Waals surface area contributed by atoms with Crippen molar-refractivity contribution in [3.63, 3.8) is 0 Å². The van der Waals surface area contributed by atoms with Crippen LogP contribution in [-0.2, 0) is 14.8 Å². The highest BCUT2D eigenvalue weighted by molar-refractivity contribution is 9.10. The van der Waals surface area contributed by atoms with Gasteiger partial charge < -0.3 is 5.32 Å². The van der Waals surface area contributed by atoms with Crippen LogP contribution in [0.1, 0.15) is 32.6 Å². The fourth-order valence-electron chi connectivity index (χ4n) is 2.63. The molecule has 0 aromatic heterocycles. The normalized spacial score (nSPS) is 19.8. The largest absolute Gasteiger partial charge is 0.325 e. The van der Waals surface area contributed by atoms with Crippen LogP contribution in [0.5, 0.6) is 0 Å². The van der Waals surface area contributed by atoms with Gasteiger partial charge >= 0.3 is 0 Å². The Morgan fingerprint density at radius 3 is 2.64 bits per heavy atom. The van der Waals surface area contributed by atoms with Crippen LogP contribution in [0.3, 0.4) is 0 Å². The second-order valence-electron chi connectivity index (χ2n) is 5.43. The van der Waals surface area contributed by atoms with Crippen LogP contribution in [0.15, 0.2) is 28.7 Å². The van der Waals surface area contributed by atoms with E-state index in [-0.39, 0.29) is 11.7 Å². The number of piperidine rings is 1. The topological polar surface area (TPSA) is 66.5 Å². The third kappa shape index (κ3) is 4.30. The van der Waals surface area contributed by atoms with E-state index < -0.39 is 16.1 Å². The Kier molecular flexibility index (Phi) is 6.00. The lowest BCUT2D eigenvalue weighted by Gasteiger charge is -2.33. The van der Waals surface area contributed by atoms with Crippen LogP contribution in [0.4, 0.5) is 5.69 Å². The standard InChI is InChI=1S/C15H21BrN2O3S/c1-2-11-22(20,21)18-10-4-3-5-14(18)15(19)17-13-8-6-12(16)7-9-13/h6-9,14H,2-5,10-11H2,1H3,(H,17,19)/t14-/m1/s1. The van der Waals surface area contributed by atoms with E-state index in [1.54, 1.807) is 12.1 Å². The number of anilines is 1. The van der Waals surface area contributed by atoms with Gasteiger partial charge in [0.05, 0.1) is 5.75 Å². The third-order valence-corrected chi connectivity index (χ3v) is 6.29. The van der Waals surface area contributed by atoms with Crippen molar-refractivity contribution < 1.29 is 13.2 Å². The molecule has 2 rings (SSSR count). The Bertz CT molecular complexity index is 616. The van der Waals surface area contributed by atoms with E-state index in [0.29, 0.717) is 25.1 Å². The highest BCUT2D eigenvalue weighted by Crippen LogP contribution is 2.23. The number of amides is 1. The van der Waals surface area contributed by atoms with Crippen molar-refractivity contribution in [3.05, 3.63) is 28.7 Å². The lowest BCUT2D eigenvalue weighted by atomic mass is 10.0. The van der Waals surface area contributed by atoms with Crippen molar-refractivity contribution in [2.75, 3.05) is 17.6 Å². The molecule has 1 aromatic rings. The molecule has 5 nitrogen and oxygen atoms in total. The summed E-state index contributed by atoms with van der Waals surface area (Å²) in [7, 11) is -3.36. The molecule has 1 N–H and O–H groups in total. The number of hydrogen-bond acceptors (Lipinski definition) is 3. The Labute approximate surface area is 140 Å². The monoisotopic (exact) mass is 388 g/mol. The summed E-state index contributed by atoms with van der Waals surface area (Å²) in [4.78, 5) is 12.5. The first-order valence-corrected chi connectivity index (χ1v) is 9.90. The maximum Gasteiger partial charge on any atom is 0.242 e. The SMILES string of the molecule is CCCS(=O)(=O)N1CCCC[C@@H]1C(=O)Nc1ccc(Br)cc1. The van der Waals surface area contributed by atoms with Crippen molar-refractivity contribution in [1.82, 2.24) is 4.31 Å². The van der Waals surface area contributed by atoms with Gasteiger partial charge in [-0.25, -0.2) is 8.42 Å². The van der Waals surface area contributed by atoms with Gasteiger partial charge in [0.1, 0.15) is 6.04 Å². The van der Waals surface area contributed by atoms with Gasteiger partial charge in [-0.15, -0.1) is 0 Å². The first-order valence-electron chi connectivity index (χ1n) is 7.50. The number of carbonyl (C=O) groups excluding carboxylic acids is 1. The molecular weight excluding hydrogens is 368 g/mol. The second-order valence-corrected chi connectivity index (χ2v) is 8.39. The molecule has 7 heteroatoms. The summed E-state index contributed by atoms with van der Waals surface area (Å²) in [5.74, 6) is -0.156. The van der Waals surface area contributed by atoms with E-state index in [9.17, 15) is 13.2 Å². The average molecular weight is 389 g/mol. The first kappa shape index (κ1) is 17.4. The number of carbonyl (C=O) groups is 1. The third-order valence-electron chi connectivity index (χ3n) is 3.69. The van der Waals surface area contributed by atoms with Gasteiger partial charge in [-0.05, 0) is 43.5 Å². The van der Waals surface area contributed by atoms with E-state index in [1.165, 1.54) is 4.31 Å². The van der Waals surface area contributed by atoms with Crippen LogP contribution in [0, 0.1) is 0 Å². The Morgan fingerprint density at radius 2 is 2.00 bits per heavy atom. The zero-order valence-electron chi connectivity index (χ0n) is 12.6. The number of halogens is 1. The van der Waals surface area contributed by atoms with Crippen LogP contribution in [0.2, 0.25) is 0 Å². The smallest absolute Gasteiger partial charge is 0.242 e. The summed E-state index contributed by atoms with van der Waals surface area (Å²) < 4.78 is 27.0. The van der Waals surface area contributed by atoms with Gasteiger partial charge in [0, 0.05) is 16.7 Å². The fraction of sp³-hybridized carbons (Fsp3) is 0.533. The maximum absolute atomic E-state index is 12.5. The predicted octanol–water partition coefficient (Wildman–Crippen LogP) is 2.98. The van der Waals surface area contributed by atoms with E-state index in [1.807, 2.05) is 19.1 Å². The number of hydrogen-bond donors (Lipinski definition) is 1. The number of sulfonamides is 1. The maximum atomic E-state index is 12.5. The van der Waals surface area contributed by atoms with Crippen molar-refractivity contribution in [3.8, 4) is 0 Å². The lowest BCUT2D eigenvalue weighted by Crippen LogP contribution is -2.50. The van der Waals surface area contributed by atoms with Gasteiger partial charge in [-0.2, -0.15) is 4.31 Å². The molecule has 22 heavy (non-hydrogen) atoms.